The molecule has 1 amide bonds. The standard InChI is InChI=1S/C27H37N3O2/c1-21(20-29-18-15-22(16-19-29)24-12-6-7-13-25(24)32-2)30(26-14-8-9-17-28-26)27(31)23-10-4-3-5-11-23/h6-9,12-14,17,21-23H,3-5,10-11,15-16,18-20H2,1-2H3. The maximum atomic E-state index is 13.5. The van der Waals surface area contributed by atoms with Crippen molar-refractivity contribution >= 4 is 11.7 Å². The molecule has 1 saturated heterocycles. The highest BCUT2D eigenvalue weighted by molar-refractivity contribution is 5.94. The van der Waals surface area contributed by atoms with Crippen LogP contribution in [0.3, 0.4) is 0 Å². The van der Waals surface area contributed by atoms with Crippen molar-refractivity contribution in [1.82, 2.24) is 9.88 Å². The number of ether oxygens (including phenoxy) is 1. The van der Waals surface area contributed by atoms with Crippen molar-refractivity contribution in [3.63, 3.8) is 0 Å². The van der Waals surface area contributed by atoms with E-state index in [1.165, 1.54) is 12.0 Å². The third-order valence-corrected chi connectivity index (χ3v) is 7.22. The second kappa shape index (κ2) is 11.0. The van der Waals surface area contributed by atoms with Crippen LogP contribution in [0.25, 0.3) is 0 Å². The number of piperidine rings is 1. The summed E-state index contributed by atoms with van der Waals surface area (Å²) in [5, 5.41) is 0. The molecule has 1 aliphatic carbocycles. The number of para-hydroxylation sites is 1. The Kier molecular flexibility index (Phi) is 7.80. The van der Waals surface area contributed by atoms with Crippen molar-refractivity contribution in [3.8, 4) is 5.75 Å². The molecule has 0 bridgehead atoms. The number of likely N-dealkylation sites (tertiary alicyclic amines) is 1. The largest absolute Gasteiger partial charge is 0.496 e. The Morgan fingerprint density at radius 3 is 2.47 bits per heavy atom. The van der Waals surface area contributed by atoms with Gasteiger partial charge >= 0.3 is 0 Å². The summed E-state index contributed by atoms with van der Waals surface area (Å²) in [6.07, 6.45) is 9.64. The molecule has 1 aromatic heterocycles. The number of anilines is 1. The fraction of sp³-hybridized carbons (Fsp3) is 0.556. The molecule has 2 heterocycles. The van der Waals surface area contributed by atoms with E-state index in [2.05, 4.69) is 35.0 Å². The Hall–Kier alpha value is -2.40. The van der Waals surface area contributed by atoms with Crippen LogP contribution < -0.4 is 9.64 Å². The van der Waals surface area contributed by atoms with Crippen molar-refractivity contribution < 1.29 is 9.53 Å². The number of rotatable bonds is 7. The van der Waals surface area contributed by atoms with E-state index in [0.717, 1.165) is 69.7 Å². The zero-order valence-corrected chi connectivity index (χ0v) is 19.6. The molecule has 0 spiro atoms. The minimum atomic E-state index is 0.0992. The van der Waals surface area contributed by atoms with Crippen molar-refractivity contribution in [2.24, 2.45) is 5.92 Å². The molecule has 0 radical (unpaired) electrons. The summed E-state index contributed by atoms with van der Waals surface area (Å²) in [7, 11) is 1.76. The summed E-state index contributed by atoms with van der Waals surface area (Å²) in [6.45, 7) is 5.15. The van der Waals surface area contributed by atoms with Crippen molar-refractivity contribution in [1.29, 1.82) is 0 Å². The number of hydrogen-bond acceptors (Lipinski definition) is 4. The van der Waals surface area contributed by atoms with Crippen LogP contribution in [0.5, 0.6) is 5.75 Å². The zero-order valence-electron chi connectivity index (χ0n) is 19.6. The van der Waals surface area contributed by atoms with Crippen molar-refractivity contribution in [2.45, 2.75) is 63.8 Å². The van der Waals surface area contributed by atoms with Gasteiger partial charge in [-0.15, -0.1) is 0 Å². The van der Waals surface area contributed by atoms with Gasteiger partial charge in [0.2, 0.25) is 5.91 Å². The molecular weight excluding hydrogens is 398 g/mol. The number of aromatic nitrogens is 1. The van der Waals surface area contributed by atoms with Gasteiger partial charge in [0.15, 0.2) is 0 Å². The predicted molar refractivity (Wildman–Crippen MR) is 129 cm³/mol. The van der Waals surface area contributed by atoms with Crippen LogP contribution in [0.1, 0.15) is 63.4 Å². The summed E-state index contributed by atoms with van der Waals surface area (Å²) >= 11 is 0. The highest BCUT2D eigenvalue weighted by atomic mass is 16.5. The van der Waals surface area contributed by atoms with Gasteiger partial charge in [0.1, 0.15) is 11.6 Å². The molecule has 2 aromatic rings. The molecule has 0 N–H and O–H groups in total. The second-order valence-corrected chi connectivity index (χ2v) is 9.40. The maximum absolute atomic E-state index is 13.5. The lowest BCUT2D eigenvalue weighted by Crippen LogP contribution is -2.49. The van der Waals surface area contributed by atoms with Crippen molar-refractivity contribution in [3.05, 3.63) is 54.2 Å². The normalized spacial score (nSPS) is 19.4. The van der Waals surface area contributed by atoms with Gasteiger partial charge in [-0.3, -0.25) is 9.69 Å². The van der Waals surface area contributed by atoms with E-state index in [0.29, 0.717) is 5.92 Å². The molecule has 2 fully saturated rings. The molecule has 1 atom stereocenters. The smallest absolute Gasteiger partial charge is 0.231 e. The van der Waals surface area contributed by atoms with Gasteiger partial charge in [0, 0.05) is 24.7 Å². The van der Waals surface area contributed by atoms with Crippen LogP contribution in [0.4, 0.5) is 5.82 Å². The van der Waals surface area contributed by atoms with Gasteiger partial charge in [0.25, 0.3) is 0 Å². The van der Waals surface area contributed by atoms with E-state index in [-0.39, 0.29) is 17.9 Å². The average molecular weight is 436 g/mol. The monoisotopic (exact) mass is 435 g/mol. The number of carbonyl (C=O) groups excluding carboxylic acids is 1. The Morgan fingerprint density at radius 2 is 1.78 bits per heavy atom. The van der Waals surface area contributed by atoms with E-state index in [9.17, 15) is 4.79 Å². The second-order valence-electron chi connectivity index (χ2n) is 9.40. The third-order valence-electron chi connectivity index (χ3n) is 7.22. The lowest BCUT2D eigenvalue weighted by Gasteiger charge is -2.38. The lowest BCUT2D eigenvalue weighted by molar-refractivity contribution is -0.123. The fourth-order valence-electron chi connectivity index (χ4n) is 5.48. The number of pyridine rings is 1. The van der Waals surface area contributed by atoms with Crippen LogP contribution in [-0.2, 0) is 4.79 Å². The van der Waals surface area contributed by atoms with Gasteiger partial charge in [-0.05, 0) is 75.4 Å². The first kappa shape index (κ1) is 22.8. The summed E-state index contributed by atoms with van der Waals surface area (Å²) in [5.74, 6) is 2.73. The highest BCUT2D eigenvalue weighted by Crippen LogP contribution is 2.34. The van der Waals surface area contributed by atoms with Gasteiger partial charge < -0.3 is 9.64 Å². The number of benzene rings is 1. The highest BCUT2D eigenvalue weighted by Gasteiger charge is 2.32. The predicted octanol–water partition coefficient (Wildman–Crippen LogP) is 5.27. The minimum Gasteiger partial charge on any atom is -0.496 e. The van der Waals surface area contributed by atoms with Crippen LogP contribution in [0.15, 0.2) is 48.7 Å². The minimum absolute atomic E-state index is 0.0992. The maximum Gasteiger partial charge on any atom is 0.231 e. The number of hydrogen-bond donors (Lipinski definition) is 0. The summed E-state index contributed by atoms with van der Waals surface area (Å²) in [6, 6.07) is 14.4. The number of nitrogens with zero attached hydrogens (tertiary/aromatic N) is 3. The fourth-order valence-corrected chi connectivity index (χ4v) is 5.48. The Labute approximate surface area is 192 Å². The van der Waals surface area contributed by atoms with Crippen LogP contribution in [0.2, 0.25) is 0 Å². The number of methoxy groups -OCH3 is 1. The number of amides is 1. The molecule has 5 heteroatoms. The van der Waals surface area contributed by atoms with E-state index in [1.807, 2.05) is 29.2 Å². The van der Waals surface area contributed by atoms with Crippen LogP contribution in [0, 0.1) is 5.92 Å². The SMILES string of the molecule is COc1ccccc1C1CCN(CC(C)N(C(=O)C2CCCCC2)c2ccccn2)CC1. The average Bonchev–Trinajstić information content (AvgIpc) is 2.86. The first-order chi connectivity index (χ1) is 15.7. The molecule has 1 saturated carbocycles. The molecule has 4 rings (SSSR count). The Bertz CT molecular complexity index is 858. The molecular formula is C27H37N3O2. The topological polar surface area (TPSA) is 45.7 Å². The molecule has 1 aliphatic heterocycles. The van der Waals surface area contributed by atoms with Gasteiger partial charge in [-0.25, -0.2) is 4.98 Å². The van der Waals surface area contributed by atoms with Gasteiger partial charge in [-0.2, -0.15) is 0 Å². The summed E-state index contributed by atoms with van der Waals surface area (Å²) in [5.41, 5.74) is 1.32. The van der Waals surface area contributed by atoms with Gasteiger partial charge in [-0.1, -0.05) is 43.5 Å². The van der Waals surface area contributed by atoms with Crippen LogP contribution >= 0.6 is 0 Å². The molecule has 32 heavy (non-hydrogen) atoms. The van der Waals surface area contributed by atoms with E-state index < -0.39 is 0 Å². The first-order valence-corrected chi connectivity index (χ1v) is 12.3. The van der Waals surface area contributed by atoms with Crippen LogP contribution in [-0.4, -0.2) is 48.6 Å². The number of carbonyl (C=O) groups is 1. The Balaban J connectivity index is 1.41. The quantitative estimate of drug-likeness (QED) is 0.594. The van der Waals surface area contributed by atoms with Crippen molar-refractivity contribution in [2.75, 3.05) is 31.6 Å². The summed E-state index contributed by atoms with van der Waals surface area (Å²) in [4.78, 5) is 22.6. The molecule has 172 valence electrons. The van der Waals surface area contributed by atoms with E-state index in [4.69, 9.17) is 4.74 Å². The van der Waals surface area contributed by atoms with Gasteiger partial charge in [0.05, 0.1) is 7.11 Å². The van der Waals surface area contributed by atoms with E-state index in [1.54, 1.807) is 13.3 Å². The zero-order chi connectivity index (χ0) is 22.3. The molecule has 1 unspecified atom stereocenters. The van der Waals surface area contributed by atoms with E-state index >= 15 is 0 Å². The molecule has 2 aliphatic rings. The molecule has 1 aromatic carbocycles. The molecule has 5 nitrogen and oxygen atoms in total. The Morgan fingerprint density at radius 1 is 1.06 bits per heavy atom. The lowest BCUT2D eigenvalue weighted by atomic mass is 9.87. The summed E-state index contributed by atoms with van der Waals surface area (Å²) < 4.78 is 5.59. The third kappa shape index (κ3) is 5.32. The first-order valence-electron chi connectivity index (χ1n) is 12.3.